The molecule has 0 saturated heterocycles. The molecule has 0 aliphatic rings. The van der Waals surface area contributed by atoms with Crippen molar-refractivity contribution in [2.45, 2.75) is 17.8 Å². The van der Waals surface area contributed by atoms with Crippen LogP contribution in [0, 0.1) is 5.82 Å². The van der Waals surface area contributed by atoms with E-state index in [1.165, 1.54) is 29.2 Å². The molecule has 0 aliphatic carbocycles. The molecule has 0 radical (unpaired) electrons. The van der Waals surface area contributed by atoms with Gasteiger partial charge in [0.2, 0.25) is 0 Å². The predicted molar refractivity (Wildman–Crippen MR) is 90.5 cm³/mol. The molecule has 0 unspecified atom stereocenters. The van der Waals surface area contributed by atoms with Gasteiger partial charge in [-0.15, -0.1) is 11.3 Å². The number of rotatable bonds is 5. The van der Waals surface area contributed by atoms with Crippen LogP contribution < -0.4 is 0 Å². The van der Waals surface area contributed by atoms with Crippen LogP contribution in [0.4, 0.5) is 4.39 Å². The number of carbonyl (C=O) groups excluding carboxylic acids is 1. The lowest BCUT2D eigenvalue weighted by Gasteiger charge is -2.05. The van der Waals surface area contributed by atoms with Crippen LogP contribution in [-0.4, -0.2) is 22.1 Å². The highest BCUT2D eigenvalue weighted by molar-refractivity contribution is 7.98. The van der Waals surface area contributed by atoms with Crippen LogP contribution in [0.25, 0.3) is 10.1 Å². The van der Waals surface area contributed by atoms with Crippen molar-refractivity contribution in [2.24, 2.45) is 7.05 Å². The number of aromatic nitrogens is 2. The number of aryl methyl sites for hydroxylation is 1. The highest BCUT2D eigenvalue weighted by atomic mass is 32.2. The Hall–Kier alpha value is -1.86. The molecular weight excluding hydrogens is 335 g/mol. The average Bonchev–Trinajstić information content (AvgIpc) is 3.10. The monoisotopic (exact) mass is 350 g/mol. The largest absolute Gasteiger partial charge is 0.462 e. The summed E-state index contributed by atoms with van der Waals surface area (Å²) in [6.45, 7) is 2.05. The molecule has 0 fully saturated rings. The van der Waals surface area contributed by atoms with Gasteiger partial charge in [0.1, 0.15) is 10.7 Å². The van der Waals surface area contributed by atoms with Crippen LogP contribution in [0.2, 0.25) is 0 Å². The number of fused-ring (bicyclic) bond motifs is 1. The van der Waals surface area contributed by atoms with Crippen LogP contribution in [0.3, 0.4) is 0 Å². The maximum absolute atomic E-state index is 14.3. The summed E-state index contributed by atoms with van der Waals surface area (Å²) < 4.78 is 22.0. The van der Waals surface area contributed by atoms with Crippen LogP contribution >= 0.6 is 23.1 Å². The maximum Gasteiger partial charge on any atom is 0.348 e. The Balaban J connectivity index is 2.03. The van der Waals surface area contributed by atoms with E-state index in [-0.39, 0.29) is 5.82 Å². The van der Waals surface area contributed by atoms with Gasteiger partial charge in [-0.25, -0.2) is 14.2 Å². The summed E-state index contributed by atoms with van der Waals surface area (Å²) in [6.07, 6.45) is 3.56. The number of thiophene rings is 1. The second-order valence-electron chi connectivity index (χ2n) is 4.85. The topological polar surface area (TPSA) is 44.1 Å². The fraction of sp³-hybridized carbons (Fsp3) is 0.250. The third-order valence-electron chi connectivity index (χ3n) is 3.35. The summed E-state index contributed by atoms with van der Waals surface area (Å²) in [5.74, 6) is -0.256. The number of ether oxygens (including phenoxy) is 1. The summed E-state index contributed by atoms with van der Waals surface area (Å²) in [4.78, 5) is 16.9. The Morgan fingerprint density at radius 3 is 3.00 bits per heavy atom. The molecule has 3 rings (SSSR count). The SMILES string of the molecule is CCOC(=O)c1sc2cccc(F)c2c1CSc1nccn1C. The normalized spacial score (nSPS) is 11.1. The number of benzene rings is 1. The minimum atomic E-state index is -0.399. The van der Waals surface area contributed by atoms with Crippen LogP contribution in [0.1, 0.15) is 22.2 Å². The highest BCUT2D eigenvalue weighted by Gasteiger charge is 2.22. The Morgan fingerprint density at radius 2 is 2.30 bits per heavy atom. The second-order valence-corrected chi connectivity index (χ2v) is 6.85. The molecule has 0 amide bonds. The number of hydrogen-bond acceptors (Lipinski definition) is 5. The van der Waals surface area contributed by atoms with Gasteiger partial charge in [-0.05, 0) is 24.6 Å². The van der Waals surface area contributed by atoms with E-state index >= 15 is 0 Å². The molecule has 7 heteroatoms. The van der Waals surface area contributed by atoms with Gasteiger partial charge in [-0.3, -0.25) is 0 Å². The first-order valence-electron chi connectivity index (χ1n) is 7.09. The van der Waals surface area contributed by atoms with Gasteiger partial charge in [0.25, 0.3) is 0 Å². The first kappa shape index (κ1) is 16.0. The number of esters is 1. The first-order chi connectivity index (χ1) is 11.1. The molecule has 4 nitrogen and oxygen atoms in total. The van der Waals surface area contributed by atoms with Gasteiger partial charge >= 0.3 is 5.97 Å². The van der Waals surface area contributed by atoms with Gasteiger partial charge in [0.15, 0.2) is 5.16 Å². The maximum atomic E-state index is 14.3. The van der Waals surface area contributed by atoms with E-state index in [2.05, 4.69) is 4.98 Å². The Bertz CT molecular complexity index is 857. The van der Waals surface area contributed by atoms with Crippen LogP contribution in [0.5, 0.6) is 0 Å². The molecule has 0 spiro atoms. The van der Waals surface area contributed by atoms with Gasteiger partial charge in [0, 0.05) is 35.3 Å². The lowest BCUT2D eigenvalue weighted by atomic mass is 10.1. The van der Waals surface area contributed by atoms with Crippen LogP contribution in [0.15, 0.2) is 35.7 Å². The molecule has 23 heavy (non-hydrogen) atoms. The highest BCUT2D eigenvalue weighted by Crippen LogP contribution is 2.37. The minimum absolute atomic E-state index is 0.293. The fourth-order valence-electron chi connectivity index (χ4n) is 2.29. The minimum Gasteiger partial charge on any atom is -0.462 e. The number of imidazole rings is 1. The Labute approximate surface area is 141 Å². The number of halogens is 1. The number of carbonyl (C=O) groups is 1. The van der Waals surface area contributed by atoms with E-state index in [1.807, 2.05) is 23.9 Å². The molecule has 2 aromatic heterocycles. The van der Waals surface area contributed by atoms with E-state index < -0.39 is 5.97 Å². The third kappa shape index (κ3) is 3.11. The number of thioether (sulfide) groups is 1. The Morgan fingerprint density at radius 1 is 1.48 bits per heavy atom. The van der Waals surface area contributed by atoms with Gasteiger partial charge in [-0.2, -0.15) is 0 Å². The molecule has 2 heterocycles. The van der Waals surface area contributed by atoms with Gasteiger partial charge in [0.05, 0.1) is 6.61 Å². The lowest BCUT2D eigenvalue weighted by molar-refractivity contribution is 0.0531. The summed E-state index contributed by atoms with van der Waals surface area (Å²) in [7, 11) is 1.90. The van der Waals surface area contributed by atoms with Crippen molar-refractivity contribution >= 4 is 39.2 Å². The zero-order valence-corrected chi connectivity index (χ0v) is 14.3. The van der Waals surface area contributed by atoms with E-state index in [1.54, 1.807) is 19.2 Å². The second kappa shape index (κ2) is 6.72. The van der Waals surface area contributed by atoms with Crippen molar-refractivity contribution in [3.8, 4) is 0 Å². The van der Waals surface area contributed by atoms with E-state index in [0.717, 1.165) is 9.86 Å². The standard InChI is InChI=1S/C16H15FN2O2S2/c1-3-21-15(20)14-10(9-22-16-18-7-8-19(16)2)13-11(17)5-4-6-12(13)23-14/h4-8H,3,9H2,1-2H3. The van der Waals surface area contributed by atoms with E-state index in [4.69, 9.17) is 4.74 Å². The smallest absolute Gasteiger partial charge is 0.348 e. The quantitative estimate of drug-likeness (QED) is 0.510. The van der Waals surface area contributed by atoms with Crippen molar-refractivity contribution in [1.82, 2.24) is 9.55 Å². The van der Waals surface area contributed by atoms with E-state index in [0.29, 0.717) is 28.2 Å². The van der Waals surface area contributed by atoms with Crippen molar-refractivity contribution in [3.63, 3.8) is 0 Å². The summed E-state index contributed by atoms with van der Waals surface area (Å²) in [5, 5.41) is 1.32. The van der Waals surface area contributed by atoms with Gasteiger partial charge in [-0.1, -0.05) is 17.8 Å². The van der Waals surface area contributed by atoms with Crippen molar-refractivity contribution in [2.75, 3.05) is 6.61 Å². The molecule has 1 aromatic carbocycles. The molecule has 0 bridgehead atoms. The average molecular weight is 350 g/mol. The molecular formula is C16H15FN2O2S2. The zero-order valence-electron chi connectivity index (χ0n) is 12.7. The zero-order chi connectivity index (χ0) is 16.4. The number of hydrogen-bond donors (Lipinski definition) is 0. The summed E-state index contributed by atoms with van der Waals surface area (Å²) in [5.41, 5.74) is 0.676. The van der Waals surface area contributed by atoms with Crippen molar-refractivity contribution in [1.29, 1.82) is 0 Å². The molecule has 0 atom stereocenters. The molecule has 3 aromatic rings. The van der Waals surface area contributed by atoms with Crippen LogP contribution in [-0.2, 0) is 17.5 Å². The molecule has 0 aliphatic heterocycles. The first-order valence-corrected chi connectivity index (χ1v) is 8.89. The molecule has 0 saturated carbocycles. The van der Waals surface area contributed by atoms with Crippen molar-refractivity contribution in [3.05, 3.63) is 46.9 Å². The van der Waals surface area contributed by atoms with E-state index in [9.17, 15) is 9.18 Å². The fourth-order valence-corrected chi connectivity index (χ4v) is 4.48. The van der Waals surface area contributed by atoms with Crippen molar-refractivity contribution < 1.29 is 13.9 Å². The number of nitrogens with zero attached hydrogens (tertiary/aromatic N) is 2. The van der Waals surface area contributed by atoms with Gasteiger partial charge < -0.3 is 9.30 Å². The third-order valence-corrected chi connectivity index (χ3v) is 5.61. The Kier molecular flexibility index (Phi) is 4.68. The molecule has 0 N–H and O–H groups in total. The summed E-state index contributed by atoms with van der Waals surface area (Å²) in [6, 6.07) is 4.89. The lowest BCUT2D eigenvalue weighted by Crippen LogP contribution is -2.05. The molecule has 120 valence electrons. The predicted octanol–water partition coefficient (Wildman–Crippen LogP) is 4.24. The summed E-state index contributed by atoms with van der Waals surface area (Å²) >= 11 is 2.74.